The number of imidazole rings is 1. The van der Waals surface area contributed by atoms with Gasteiger partial charge < -0.3 is 15.6 Å². The van der Waals surface area contributed by atoms with E-state index < -0.39 is 0 Å². The van der Waals surface area contributed by atoms with Crippen LogP contribution in [0.1, 0.15) is 19.0 Å². The molecule has 0 bridgehead atoms. The Kier molecular flexibility index (Phi) is 5.68. The van der Waals surface area contributed by atoms with Gasteiger partial charge in [-0.25, -0.2) is 4.98 Å². The topological polar surface area (TPSA) is 72.9 Å². The molecule has 21 heavy (non-hydrogen) atoms. The SMILES string of the molecule is CCCn1cncc1CNc1ccccc1SCC(N)=O. The summed E-state index contributed by atoms with van der Waals surface area (Å²) in [5.74, 6) is -0.0252. The number of nitrogens with two attached hydrogens (primary N) is 1. The highest BCUT2D eigenvalue weighted by atomic mass is 32.2. The number of nitrogens with zero attached hydrogens (tertiary/aromatic N) is 2. The minimum Gasteiger partial charge on any atom is -0.379 e. The molecule has 112 valence electrons. The summed E-state index contributed by atoms with van der Waals surface area (Å²) < 4.78 is 2.15. The molecule has 1 heterocycles. The maximum absolute atomic E-state index is 10.9. The molecular formula is C15H20N4OS. The Morgan fingerprint density at radius 2 is 2.24 bits per heavy atom. The number of nitrogens with one attached hydrogen (secondary N) is 1. The molecule has 5 nitrogen and oxygen atoms in total. The Hall–Kier alpha value is -1.95. The van der Waals surface area contributed by atoms with E-state index in [0.29, 0.717) is 6.54 Å². The van der Waals surface area contributed by atoms with Crippen LogP contribution in [-0.4, -0.2) is 21.2 Å². The lowest BCUT2D eigenvalue weighted by molar-refractivity contribution is -0.115. The van der Waals surface area contributed by atoms with Crippen LogP contribution in [0.4, 0.5) is 5.69 Å². The number of rotatable bonds is 8. The molecule has 1 aromatic carbocycles. The summed E-state index contributed by atoms with van der Waals surface area (Å²) in [4.78, 5) is 16.1. The molecule has 0 saturated carbocycles. The highest BCUT2D eigenvalue weighted by Crippen LogP contribution is 2.27. The van der Waals surface area contributed by atoms with Crippen LogP contribution in [0, 0.1) is 0 Å². The van der Waals surface area contributed by atoms with Crippen LogP contribution in [0.3, 0.4) is 0 Å². The lowest BCUT2D eigenvalue weighted by Crippen LogP contribution is -2.13. The number of aryl methyl sites for hydroxylation is 1. The Labute approximate surface area is 128 Å². The average molecular weight is 304 g/mol. The lowest BCUT2D eigenvalue weighted by Gasteiger charge is -2.12. The summed E-state index contributed by atoms with van der Waals surface area (Å²) in [7, 11) is 0. The summed E-state index contributed by atoms with van der Waals surface area (Å²) in [6.07, 6.45) is 4.81. The highest BCUT2D eigenvalue weighted by Gasteiger charge is 2.06. The minimum absolute atomic E-state index is 0.284. The first-order chi connectivity index (χ1) is 10.2. The molecule has 0 aliphatic rings. The molecule has 2 rings (SSSR count). The molecule has 6 heteroatoms. The number of thioether (sulfide) groups is 1. The van der Waals surface area contributed by atoms with Crippen molar-refractivity contribution in [2.75, 3.05) is 11.1 Å². The number of anilines is 1. The number of amides is 1. The summed E-state index contributed by atoms with van der Waals surface area (Å²) in [6.45, 7) is 3.82. The summed E-state index contributed by atoms with van der Waals surface area (Å²) >= 11 is 1.45. The van der Waals surface area contributed by atoms with Crippen LogP contribution in [0.2, 0.25) is 0 Å². The number of hydrogen-bond acceptors (Lipinski definition) is 4. The predicted molar refractivity (Wildman–Crippen MR) is 86.2 cm³/mol. The van der Waals surface area contributed by atoms with E-state index in [9.17, 15) is 4.79 Å². The molecule has 0 aliphatic carbocycles. The first kappa shape index (κ1) is 15.4. The highest BCUT2D eigenvalue weighted by molar-refractivity contribution is 8.00. The molecule has 0 saturated heterocycles. The van der Waals surface area contributed by atoms with E-state index in [1.54, 1.807) is 0 Å². The van der Waals surface area contributed by atoms with E-state index in [-0.39, 0.29) is 11.7 Å². The molecule has 0 radical (unpaired) electrons. The second kappa shape index (κ2) is 7.73. The van der Waals surface area contributed by atoms with Crippen molar-refractivity contribution in [1.29, 1.82) is 0 Å². The van der Waals surface area contributed by atoms with Crippen molar-refractivity contribution in [3.8, 4) is 0 Å². The number of carbonyl (C=O) groups is 1. The Morgan fingerprint density at radius 1 is 1.43 bits per heavy atom. The van der Waals surface area contributed by atoms with E-state index >= 15 is 0 Å². The van der Waals surface area contributed by atoms with Gasteiger partial charge in [0.2, 0.25) is 5.91 Å². The summed E-state index contributed by atoms with van der Waals surface area (Å²) in [6, 6.07) is 7.92. The molecule has 0 aliphatic heterocycles. The van der Waals surface area contributed by atoms with Gasteiger partial charge in [-0.05, 0) is 18.6 Å². The second-order valence-corrected chi connectivity index (χ2v) is 5.70. The number of carbonyl (C=O) groups excluding carboxylic acids is 1. The van der Waals surface area contributed by atoms with E-state index in [1.807, 2.05) is 36.8 Å². The van der Waals surface area contributed by atoms with E-state index in [2.05, 4.69) is 21.8 Å². The van der Waals surface area contributed by atoms with Crippen LogP contribution in [0.5, 0.6) is 0 Å². The van der Waals surface area contributed by atoms with Gasteiger partial charge in [0.15, 0.2) is 0 Å². The monoisotopic (exact) mass is 304 g/mol. The smallest absolute Gasteiger partial charge is 0.227 e. The largest absolute Gasteiger partial charge is 0.379 e. The fraction of sp³-hybridized carbons (Fsp3) is 0.333. The van der Waals surface area contributed by atoms with Crippen LogP contribution in [0.25, 0.3) is 0 Å². The van der Waals surface area contributed by atoms with Gasteiger partial charge in [-0.15, -0.1) is 11.8 Å². The molecular weight excluding hydrogens is 284 g/mol. The van der Waals surface area contributed by atoms with E-state index in [1.165, 1.54) is 11.8 Å². The van der Waals surface area contributed by atoms with Crippen molar-refractivity contribution < 1.29 is 4.79 Å². The lowest BCUT2D eigenvalue weighted by atomic mass is 10.3. The number of primary amides is 1. The van der Waals surface area contributed by atoms with Gasteiger partial charge in [0.25, 0.3) is 0 Å². The third-order valence-corrected chi connectivity index (χ3v) is 4.08. The zero-order valence-electron chi connectivity index (χ0n) is 12.1. The summed E-state index contributed by atoms with van der Waals surface area (Å²) in [5.41, 5.74) is 7.36. The van der Waals surface area contributed by atoms with Gasteiger partial charge in [-0.2, -0.15) is 0 Å². The molecule has 0 fully saturated rings. The van der Waals surface area contributed by atoms with Crippen molar-refractivity contribution in [1.82, 2.24) is 9.55 Å². The summed E-state index contributed by atoms with van der Waals surface area (Å²) in [5, 5.41) is 3.40. The van der Waals surface area contributed by atoms with Crippen molar-refractivity contribution >= 4 is 23.4 Å². The van der Waals surface area contributed by atoms with Crippen molar-refractivity contribution in [2.45, 2.75) is 31.3 Å². The zero-order chi connectivity index (χ0) is 15.1. The molecule has 0 atom stereocenters. The number of para-hydroxylation sites is 1. The first-order valence-corrected chi connectivity index (χ1v) is 7.92. The Bertz CT molecular complexity index is 597. The standard InChI is InChI=1S/C15H20N4OS/c1-2-7-19-11-17-8-12(19)9-18-13-5-3-4-6-14(13)21-10-15(16)20/h3-6,8,11,18H,2,7,9-10H2,1H3,(H2,16,20). The predicted octanol–water partition coefficient (Wildman–Crippen LogP) is 2.48. The van der Waals surface area contributed by atoms with E-state index in [4.69, 9.17) is 5.73 Å². The van der Waals surface area contributed by atoms with Gasteiger partial charge in [0.1, 0.15) is 0 Å². The maximum atomic E-state index is 10.9. The van der Waals surface area contributed by atoms with Crippen molar-refractivity contribution in [3.63, 3.8) is 0 Å². The number of hydrogen-bond donors (Lipinski definition) is 2. The van der Waals surface area contributed by atoms with Crippen molar-refractivity contribution in [2.24, 2.45) is 5.73 Å². The van der Waals surface area contributed by atoms with Gasteiger partial charge in [0, 0.05) is 23.3 Å². The zero-order valence-corrected chi connectivity index (χ0v) is 12.9. The number of aromatic nitrogens is 2. The third-order valence-electron chi connectivity index (χ3n) is 2.98. The molecule has 0 spiro atoms. The molecule has 0 unspecified atom stereocenters. The van der Waals surface area contributed by atoms with Crippen LogP contribution in [0.15, 0.2) is 41.7 Å². The van der Waals surface area contributed by atoms with Gasteiger partial charge in [0.05, 0.1) is 24.3 Å². The van der Waals surface area contributed by atoms with Gasteiger partial charge >= 0.3 is 0 Å². The number of benzene rings is 1. The van der Waals surface area contributed by atoms with Crippen LogP contribution >= 0.6 is 11.8 Å². The normalized spacial score (nSPS) is 10.5. The van der Waals surface area contributed by atoms with Crippen LogP contribution < -0.4 is 11.1 Å². The molecule has 3 N–H and O–H groups in total. The molecule has 1 aromatic heterocycles. The second-order valence-electron chi connectivity index (χ2n) is 4.68. The van der Waals surface area contributed by atoms with Crippen LogP contribution in [-0.2, 0) is 17.9 Å². The van der Waals surface area contributed by atoms with Gasteiger partial charge in [-0.1, -0.05) is 19.1 Å². The fourth-order valence-electron chi connectivity index (χ4n) is 2.01. The molecule has 1 amide bonds. The van der Waals surface area contributed by atoms with Crippen molar-refractivity contribution in [3.05, 3.63) is 42.5 Å². The minimum atomic E-state index is -0.309. The van der Waals surface area contributed by atoms with Gasteiger partial charge in [-0.3, -0.25) is 4.79 Å². The Morgan fingerprint density at radius 3 is 3.00 bits per heavy atom. The van der Waals surface area contributed by atoms with E-state index in [0.717, 1.165) is 29.2 Å². The quantitative estimate of drug-likeness (QED) is 0.735. The fourth-order valence-corrected chi connectivity index (χ4v) is 2.78. The maximum Gasteiger partial charge on any atom is 0.227 e. The average Bonchev–Trinajstić information content (AvgIpc) is 2.91. The third kappa shape index (κ3) is 4.53. The Balaban J connectivity index is 2.02. The molecule has 2 aromatic rings. The first-order valence-electron chi connectivity index (χ1n) is 6.93.